The van der Waals surface area contributed by atoms with Gasteiger partial charge in [0, 0.05) is 5.39 Å². The van der Waals surface area contributed by atoms with Crippen LogP contribution in [0.1, 0.15) is 5.56 Å². The smallest absolute Gasteiger partial charge is 0.416 e. The maximum Gasteiger partial charge on any atom is 0.416 e. The maximum absolute atomic E-state index is 12.2. The number of rotatable bonds is 0. The highest BCUT2D eigenvalue weighted by atomic mass is 19.4. The molecule has 2 rings (SSSR count). The third-order valence-electron chi connectivity index (χ3n) is 1.78. The van der Waals surface area contributed by atoms with Gasteiger partial charge in [-0.15, -0.1) is 0 Å². The predicted molar refractivity (Wildman–Crippen MR) is 41.2 cm³/mol. The van der Waals surface area contributed by atoms with Crippen molar-refractivity contribution in [1.82, 2.24) is 0 Å². The number of furan rings is 1. The summed E-state index contributed by atoms with van der Waals surface area (Å²) in [6.07, 6.45) is -2.94. The van der Waals surface area contributed by atoms with Crippen molar-refractivity contribution in [3.05, 3.63) is 36.1 Å². The van der Waals surface area contributed by atoms with Gasteiger partial charge >= 0.3 is 6.18 Å². The standard InChI is InChI=1S/C9H5F3O/c10-9(11,12)7-2-1-6-3-4-13-8(6)5-7/h1-5H. The molecule has 0 fully saturated rings. The first-order chi connectivity index (χ1) is 6.07. The lowest BCUT2D eigenvalue weighted by Gasteiger charge is -2.04. The number of alkyl halides is 3. The zero-order valence-corrected chi connectivity index (χ0v) is 6.43. The fourth-order valence-corrected chi connectivity index (χ4v) is 1.13. The Hall–Kier alpha value is -1.45. The van der Waals surface area contributed by atoms with Gasteiger partial charge in [-0.25, -0.2) is 0 Å². The second-order valence-electron chi connectivity index (χ2n) is 2.67. The van der Waals surface area contributed by atoms with Crippen molar-refractivity contribution in [3.8, 4) is 0 Å². The summed E-state index contributed by atoms with van der Waals surface area (Å²) in [5.74, 6) is 0. The minimum Gasteiger partial charge on any atom is -0.464 e. The molecule has 13 heavy (non-hydrogen) atoms. The molecule has 68 valence electrons. The van der Waals surface area contributed by atoms with Crippen molar-refractivity contribution in [1.29, 1.82) is 0 Å². The van der Waals surface area contributed by atoms with Crippen LogP contribution in [0.4, 0.5) is 13.2 Å². The Morgan fingerprint density at radius 1 is 1.08 bits per heavy atom. The molecule has 2 aromatic rings. The van der Waals surface area contributed by atoms with Gasteiger partial charge in [-0.3, -0.25) is 0 Å². The molecule has 1 aromatic heterocycles. The number of hydrogen-bond donors (Lipinski definition) is 0. The van der Waals surface area contributed by atoms with Gasteiger partial charge in [0.25, 0.3) is 0 Å². The monoisotopic (exact) mass is 186 g/mol. The summed E-state index contributed by atoms with van der Waals surface area (Å²) in [6, 6.07) is 5.05. The molecule has 0 aliphatic heterocycles. The Kier molecular flexibility index (Phi) is 1.58. The molecule has 0 aliphatic carbocycles. The van der Waals surface area contributed by atoms with Gasteiger partial charge in [-0.05, 0) is 18.2 Å². The highest BCUT2D eigenvalue weighted by Gasteiger charge is 2.30. The summed E-state index contributed by atoms with van der Waals surface area (Å²) < 4.78 is 41.4. The number of hydrogen-bond acceptors (Lipinski definition) is 1. The number of halogens is 3. The van der Waals surface area contributed by atoms with E-state index in [1.54, 1.807) is 6.07 Å². The molecule has 1 nitrogen and oxygen atoms in total. The largest absolute Gasteiger partial charge is 0.464 e. The SMILES string of the molecule is FC(F)(F)c1ccc2ccoc2c1. The minimum atomic E-state index is -4.30. The Morgan fingerprint density at radius 3 is 2.54 bits per heavy atom. The van der Waals surface area contributed by atoms with Gasteiger partial charge in [0.2, 0.25) is 0 Å². The van der Waals surface area contributed by atoms with Gasteiger partial charge < -0.3 is 4.42 Å². The zero-order chi connectivity index (χ0) is 9.47. The molecule has 0 amide bonds. The van der Waals surface area contributed by atoms with Crippen molar-refractivity contribution in [2.75, 3.05) is 0 Å². The van der Waals surface area contributed by atoms with Crippen LogP contribution in [0.25, 0.3) is 11.0 Å². The van der Waals surface area contributed by atoms with Crippen LogP contribution < -0.4 is 0 Å². The van der Waals surface area contributed by atoms with E-state index in [9.17, 15) is 13.2 Å². The topological polar surface area (TPSA) is 13.1 Å². The highest BCUT2D eigenvalue weighted by Crippen LogP contribution is 2.31. The Balaban J connectivity index is 2.61. The van der Waals surface area contributed by atoms with E-state index in [0.29, 0.717) is 5.39 Å². The van der Waals surface area contributed by atoms with Crippen LogP contribution in [0.2, 0.25) is 0 Å². The van der Waals surface area contributed by atoms with E-state index in [0.717, 1.165) is 12.1 Å². The second-order valence-corrected chi connectivity index (χ2v) is 2.67. The molecule has 0 spiro atoms. The summed E-state index contributed by atoms with van der Waals surface area (Å²) in [5.41, 5.74) is -0.426. The summed E-state index contributed by atoms with van der Waals surface area (Å²) in [6.45, 7) is 0. The highest BCUT2D eigenvalue weighted by molar-refractivity contribution is 5.77. The average molecular weight is 186 g/mol. The lowest BCUT2D eigenvalue weighted by molar-refractivity contribution is -0.137. The molecule has 1 heterocycles. The van der Waals surface area contributed by atoms with E-state index in [1.165, 1.54) is 12.3 Å². The van der Waals surface area contributed by atoms with Crippen molar-refractivity contribution >= 4 is 11.0 Å². The molecule has 0 atom stereocenters. The van der Waals surface area contributed by atoms with Crippen molar-refractivity contribution < 1.29 is 17.6 Å². The van der Waals surface area contributed by atoms with Crippen LogP contribution in [0, 0.1) is 0 Å². The average Bonchev–Trinajstić information content (AvgIpc) is 2.47. The zero-order valence-electron chi connectivity index (χ0n) is 6.43. The second kappa shape index (κ2) is 2.52. The lowest BCUT2D eigenvalue weighted by atomic mass is 10.2. The van der Waals surface area contributed by atoms with Gasteiger partial charge in [0.1, 0.15) is 5.58 Å². The lowest BCUT2D eigenvalue weighted by Crippen LogP contribution is -2.03. The van der Waals surface area contributed by atoms with Crippen molar-refractivity contribution in [2.45, 2.75) is 6.18 Å². The molecule has 0 bridgehead atoms. The summed E-state index contributed by atoms with van der Waals surface area (Å²) in [5, 5.41) is 0.674. The quantitative estimate of drug-likeness (QED) is 0.614. The van der Waals surface area contributed by atoms with E-state index in [4.69, 9.17) is 4.42 Å². The van der Waals surface area contributed by atoms with Gasteiger partial charge in [0.15, 0.2) is 0 Å². The number of benzene rings is 1. The molecule has 0 saturated heterocycles. The van der Waals surface area contributed by atoms with E-state index in [-0.39, 0.29) is 5.58 Å². The normalized spacial score (nSPS) is 12.2. The maximum atomic E-state index is 12.2. The van der Waals surface area contributed by atoms with Crippen LogP contribution in [0.15, 0.2) is 34.9 Å². The van der Waals surface area contributed by atoms with Crippen LogP contribution in [0.5, 0.6) is 0 Å². The molecule has 0 radical (unpaired) electrons. The number of fused-ring (bicyclic) bond motifs is 1. The molecule has 1 aromatic carbocycles. The Morgan fingerprint density at radius 2 is 1.85 bits per heavy atom. The van der Waals surface area contributed by atoms with Crippen molar-refractivity contribution in [3.63, 3.8) is 0 Å². The van der Waals surface area contributed by atoms with Crippen molar-refractivity contribution in [2.24, 2.45) is 0 Å². The molecule has 0 N–H and O–H groups in total. The summed E-state index contributed by atoms with van der Waals surface area (Å²) >= 11 is 0. The van der Waals surface area contributed by atoms with E-state index < -0.39 is 11.7 Å². The van der Waals surface area contributed by atoms with Crippen LogP contribution in [-0.2, 0) is 6.18 Å². The summed E-state index contributed by atoms with van der Waals surface area (Å²) in [4.78, 5) is 0. The first kappa shape index (κ1) is 8.16. The Labute approximate surface area is 71.8 Å². The Bertz CT molecular complexity index is 428. The predicted octanol–water partition coefficient (Wildman–Crippen LogP) is 3.45. The fraction of sp³-hybridized carbons (Fsp3) is 0.111. The van der Waals surface area contributed by atoms with Crippen LogP contribution in [-0.4, -0.2) is 0 Å². The molecular weight excluding hydrogens is 181 g/mol. The molecule has 0 saturated carbocycles. The first-order valence-corrected chi connectivity index (χ1v) is 3.62. The molecular formula is C9H5F3O. The van der Waals surface area contributed by atoms with Gasteiger partial charge in [-0.1, -0.05) is 6.07 Å². The molecule has 4 heteroatoms. The fourth-order valence-electron chi connectivity index (χ4n) is 1.13. The van der Waals surface area contributed by atoms with E-state index in [1.807, 2.05) is 0 Å². The van der Waals surface area contributed by atoms with Gasteiger partial charge in [-0.2, -0.15) is 13.2 Å². The van der Waals surface area contributed by atoms with E-state index in [2.05, 4.69) is 0 Å². The summed E-state index contributed by atoms with van der Waals surface area (Å²) in [7, 11) is 0. The van der Waals surface area contributed by atoms with Crippen LogP contribution in [0.3, 0.4) is 0 Å². The minimum absolute atomic E-state index is 0.259. The first-order valence-electron chi connectivity index (χ1n) is 3.62. The molecule has 0 aliphatic rings. The van der Waals surface area contributed by atoms with Crippen LogP contribution >= 0.6 is 0 Å². The third kappa shape index (κ3) is 1.39. The molecule has 0 unspecified atom stereocenters. The van der Waals surface area contributed by atoms with Gasteiger partial charge in [0.05, 0.1) is 11.8 Å². The van der Waals surface area contributed by atoms with E-state index >= 15 is 0 Å². The third-order valence-corrected chi connectivity index (χ3v) is 1.78.